The topological polar surface area (TPSA) is 29.5 Å². The Labute approximate surface area is 317 Å². The van der Waals surface area contributed by atoms with E-state index in [9.17, 15) is 0 Å². The second kappa shape index (κ2) is 12.6. The number of furan rings is 2. The molecule has 0 amide bonds. The molecule has 0 bridgehead atoms. The molecule has 0 saturated carbocycles. The Kier molecular flexibility index (Phi) is 7.17. The second-order valence-electron chi connectivity index (χ2n) is 14.1. The average molecular weight is 704 g/mol. The molecule has 0 aliphatic rings. The summed E-state index contributed by atoms with van der Waals surface area (Å²) in [5.41, 5.74) is 13.7. The van der Waals surface area contributed by atoms with E-state index in [4.69, 9.17) is 8.83 Å². The van der Waals surface area contributed by atoms with Crippen molar-refractivity contribution in [2.24, 2.45) is 0 Å². The SMILES string of the molecule is c1ccc(-c2ccccc2N(c2ccc(-c3ccc4oc5ccccc5c4c3)cc2)c2cccc(-c3cccc4oc5c6ccccc6ccc5c34)c2)cc1. The van der Waals surface area contributed by atoms with Gasteiger partial charge in [-0.25, -0.2) is 0 Å². The normalized spacial score (nSPS) is 11.6. The number of para-hydroxylation sites is 2. The predicted octanol–water partition coefficient (Wildman–Crippen LogP) is 15.1. The molecule has 11 aromatic rings. The van der Waals surface area contributed by atoms with E-state index in [1.165, 1.54) is 10.9 Å². The minimum atomic E-state index is 0.887. The predicted molar refractivity (Wildman–Crippen MR) is 229 cm³/mol. The zero-order valence-electron chi connectivity index (χ0n) is 29.8. The summed E-state index contributed by atoms with van der Waals surface area (Å²) in [6, 6.07) is 71.0. The summed E-state index contributed by atoms with van der Waals surface area (Å²) in [7, 11) is 0. The highest BCUT2D eigenvalue weighted by atomic mass is 16.3. The summed E-state index contributed by atoms with van der Waals surface area (Å²) in [6.07, 6.45) is 0. The molecule has 0 unspecified atom stereocenters. The molecule has 0 aliphatic carbocycles. The lowest BCUT2D eigenvalue weighted by Crippen LogP contribution is -2.11. The van der Waals surface area contributed by atoms with E-state index in [2.05, 4.69) is 193 Å². The summed E-state index contributed by atoms with van der Waals surface area (Å²) in [4.78, 5) is 2.38. The Morgan fingerprint density at radius 1 is 0.327 bits per heavy atom. The van der Waals surface area contributed by atoms with Crippen molar-refractivity contribution in [2.75, 3.05) is 4.90 Å². The molecule has 0 atom stereocenters. The maximum atomic E-state index is 6.58. The molecular formula is C52H33NO2. The van der Waals surface area contributed by atoms with Crippen molar-refractivity contribution in [1.82, 2.24) is 0 Å². The fourth-order valence-electron chi connectivity index (χ4n) is 8.27. The highest BCUT2D eigenvalue weighted by molar-refractivity contribution is 6.19. The summed E-state index contributed by atoms with van der Waals surface area (Å²) in [5, 5.41) is 6.81. The number of nitrogens with zero attached hydrogens (tertiary/aromatic N) is 1. The molecule has 258 valence electrons. The van der Waals surface area contributed by atoms with Crippen LogP contribution in [0.2, 0.25) is 0 Å². The first-order chi connectivity index (χ1) is 27.3. The molecule has 0 radical (unpaired) electrons. The first-order valence-electron chi connectivity index (χ1n) is 18.7. The van der Waals surface area contributed by atoms with Crippen LogP contribution in [0.1, 0.15) is 0 Å². The van der Waals surface area contributed by atoms with Crippen molar-refractivity contribution in [3.63, 3.8) is 0 Å². The molecule has 3 heteroatoms. The van der Waals surface area contributed by atoms with Crippen molar-refractivity contribution in [3.8, 4) is 33.4 Å². The smallest absolute Gasteiger partial charge is 0.143 e. The van der Waals surface area contributed by atoms with Gasteiger partial charge in [0.25, 0.3) is 0 Å². The summed E-state index contributed by atoms with van der Waals surface area (Å²) < 4.78 is 12.7. The summed E-state index contributed by atoms with van der Waals surface area (Å²) >= 11 is 0. The van der Waals surface area contributed by atoms with Gasteiger partial charge >= 0.3 is 0 Å². The first kappa shape index (κ1) is 31.2. The van der Waals surface area contributed by atoms with Crippen molar-refractivity contribution >= 4 is 71.7 Å². The lowest BCUT2D eigenvalue weighted by atomic mass is 9.97. The number of hydrogen-bond acceptors (Lipinski definition) is 3. The molecule has 0 saturated heterocycles. The van der Waals surface area contributed by atoms with Gasteiger partial charge in [-0.1, -0.05) is 140 Å². The van der Waals surface area contributed by atoms with E-state index in [1.54, 1.807) is 0 Å². The van der Waals surface area contributed by atoms with Crippen LogP contribution in [0.3, 0.4) is 0 Å². The molecule has 2 heterocycles. The summed E-state index contributed by atoms with van der Waals surface area (Å²) in [5.74, 6) is 0. The lowest BCUT2D eigenvalue weighted by Gasteiger charge is -2.28. The van der Waals surface area contributed by atoms with Crippen molar-refractivity contribution in [1.29, 1.82) is 0 Å². The monoisotopic (exact) mass is 703 g/mol. The largest absolute Gasteiger partial charge is 0.456 e. The van der Waals surface area contributed by atoms with Crippen LogP contribution in [0.5, 0.6) is 0 Å². The van der Waals surface area contributed by atoms with E-state index in [-0.39, 0.29) is 0 Å². The Balaban J connectivity index is 1.07. The number of rotatable bonds is 6. The molecule has 0 fully saturated rings. The van der Waals surface area contributed by atoms with Gasteiger partial charge in [-0.2, -0.15) is 0 Å². The van der Waals surface area contributed by atoms with E-state index < -0.39 is 0 Å². The molecule has 55 heavy (non-hydrogen) atoms. The van der Waals surface area contributed by atoms with E-state index in [0.29, 0.717) is 0 Å². The van der Waals surface area contributed by atoms with Crippen LogP contribution < -0.4 is 4.90 Å². The van der Waals surface area contributed by atoms with Crippen LogP contribution in [0.4, 0.5) is 17.1 Å². The van der Waals surface area contributed by atoms with E-state index in [1.807, 2.05) is 12.1 Å². The Hall–Kier alpha value is -7.36. The molecule has 0 aliphatic heterocycles. The lowest BCUT2D eigenvalue weighted by molar-refractivity contribution is 0.669. The van der Waals surface area contributed by atoms with Gasteiger partial charge in [0.15, 0.2) is 0 Å². The summed E-state index contributed by atoms with van der Waals surface area (Å²) in [6.45, 7) is 0. The number of anilines is 3. The maximum Gasteiger partial charge on any atom is 0.143 e. The molecule has 0 spiro atoms. The van der Waals surface area contributed by atoms with Gasteiger partial charge in [0.05, 0.1) is 5.69 Å². The highest BCUT2D eigenvalue weighted by Crippen LogP contribution is 2.44. The van der Waals surface area contributed by atoms with Gasteiger partial charge in [-0.05, 0) is 93.9 Å². The minimum Gasteiger partial charge on any atom is -0.456 e. The number of fused-ring (bicyclic) bond motifs is 8. The van der Waals surface area contributed by atoms with Gasteiger partial charge < -0.3 is 13.7 Å². The molecule has 11 rings (SSSR count). The number of benzene rings is 9. The third kappa shape index (κ3) is 5.20. The van der Waals surface area contributed by atoms with Crippen molar-refractivity contribution < 1.29 is 8.83 Å². The zero-order chi connectivity index (χ0) is 36.3. The molecule has 0 N–H and O–H groups in total. The van der Waals surface area contributed by atoms with Gasteiger partial charge in [0.1, 0.15) is 22.3 Å². The third-order valence-electron chi connectivity index (χ3n) is 10.9. The van der Waals surface area contributed by atoms with Crippen LogP contribution in [0.25, 0.3) is 88.0 Å². The standard InChI is InChI=1S/C52H33NO2/c1-2-12-35(13-3-1)41-17-6-8-21-47(41)53(39-28-24-34(25-29-39)37-27-31-49-46(33-37)44-19-7-9-22-48(44)54-49)40-16-10-15-38(32-40)42-20-11-23-50-51(42)45-30-26-36-14-4-5-18-43(36)52(45)55-50/h1-33H. The third-order valence-corrected chi connectivity index (χ3v) is 10.9. The van der Waals surface area contributed by atoms with Crippen LogP contribution in [0.15, 0.2) is 209 Å². The zero-order valence-corrected chi connectivity index (χ0v) is 29.8. The Morgan fingerprint density at radius 3 is 1.93 bits per heavy atom. The second-order valence-corrected chi connectivity index (χ2v) is 14.1. The molecule has 9 aromatic carbocycles. The molecule has 2 aromatic heterocycles. The van der Waals surface area contributed by atoms with Crippen LogP contribution >= 0.6 is 0 Å². The average Bonchev–Trinajstić information content (AvgIpc) is 3.83. The minimum absolute atomic E-state index is 0.887. The number of hydrogen-bond donors (Lipinski definition) is 0. The first-order valence-corrected chi connectivity index (χ1v) is 18.7. The van der Waals surface area contributed by atoms with Gasteiger partial charge in [0, 0.05) is 43.9 Å². The van der Waals surface area contributed by atoms with Crippen LogP contribution in [-0.2, 0) is 0 Å². The van der Waals surface area contributed by atoms with E-state index in [0.717, 1.165) is 94.1 Å². The van der Waals surface area contributed by atoms with E-state index >= 15 is 0 Å². The van der Waals surface area contributed by atoms with Crippen LogP contribution in [-0.4, -0.2) is 0 Å². The fraction of sp³-hybridized carbons (Fsp3) is 0. The quantitative estimate of drug-likeness (QED) is 0.173. The van der Waals surface area contributed by atoms with Crippen molar-refractivity contribution in [3.05, 3.63) is 200 Å². The van der Waals surface area contributed by atoms with Crippen LogP contribution in [0, 0.1) is 0 Å². The van der Waals surface area contributed by atoms with Gasteiger partial charge in [-0.15, -0.1) is 0 Å². The molecular weight excluding hydrogens is 671 g/mol. The Morgan fingerprint density at radius 2 is 1.02 bits per heavy atom. The maximum absolute atomic E-state index is 6.58. The van der Waals surface area contributed by atoms with Crippen molar-refractivity contribution in [2.45, 2.75) is 0 Å². The van der Waals surface area contributed by atoms with Gasteiger partial charge in [-0.3, -0.25) is 0 Å². The fourth-order valence-corrected chi connectivity index (χ4v) is 8.27. The molecule has 3 nitrogen and oxygen atoms in total. The highest BCUT2D eigenvalue weighted by Gasteiger charge is 2.20. The van der Waals surface area contributed by atoms with Gasteiger partial charge in [0.2, 0.25) is 0 Å². The Bertz CT molecular complexity index is 3210.